The number of para-hydroxylation sites is 2. The van der Waals surface area contributed by atoms with Gasteiger partial charge in [0.25, 0.3) is 5.91 Å². The highest BCUT2D eigenvalue weighted by Crippen LogP contribution is 2.25. The normalized spacial score (nSPS) is 10.3. The number of hydrogen-bond acceptors (Lipinski definition) is 5. The molecule has 0 spiro atoms. The predicted molar refractivity (Wildman–Crippen MR) is 92.6 cm³/mol. The van der Waals surface area contributed by atoms with Gasteiger partial charge in [0.15, 0.2) is 11.6 Å². The van der Waals surface area contributed by atoms with Crippen LogP contribution in [0.3, 0.4) is 0 Å². The molecule has 3 rings (SSSR count). The second kappa shape index (κ2) is 7.56. The number of aromatic nitrogens is 2. The van der Waals surface area contributed by atoms with E-state index in [2.05, 4.69) is 20.6 Å². The Bertz CT molecular complexity index is 950. The lowest BCUT2D eigenvalue weighted by Gasteiger charge is -2.10. The van der Waals surface area contributed by atoms with Crippen LogP contribution in [0.25, 0.3) is 0 Å². The number of rotatable bonds is 5. The van der Waals surface area contributed by atoms with Gasteiger partial charge in [0.2, 0.25) is 5.95 Å². The molecule has 0 aliphatic heterocycles. The van der Waals surface area contributed by atoms with Crippen LogP contribution in [-0.2, 0) is 0 Å². The van der Waals surface area contributed by atoms with E-state index < -0.39 is 17.5 Å². The molecule has 2 aromatic carbocycles. The molecule has 1 aromatic heterocycles. The van der Waals surface area contributed by atoms with Crippen LogP contribution in [0.1, 0.15) is 10.5 Å². The average Bonchev–Trinajstić information content (AvgIpc) is 2.65. The van der Waals surface area contributed by atoms with E-state index in [1.807, 2.05) is 12.1 Å². The summed E-state index contributed by atoms with van der Waals surface area (Å²) < 4.78 is 31.4. The first-order valence-corrected chi connectivity index (χ1v) is 7.56. The quantitative estimate of drug-likeness (QED) is 0.728. The van der Waals surface area contributed by atoms with Crippen molar-refractivity contribution in [3.05, 3.63) is 72.1 Å². The van der Waals surface area contributed by atoms with E-state index >= 15 is 0 Å². The van der Waals surface area contributed by atoms with E-state index in [4.69, 9.17) is 4.74 Å². The summed E-state index contributed by atoms with van der Waals surface area (Å²) in [6.45, 7) is 0. The minimum Gasteiger partial charge on any atom is -0.495 e. The molecule has 0 atom stereocenters. The third kappa shape index (κ3) is 3.92. The van der Waals surface area contributed by atoms with Gasteiger partial charge in [-0.2, -0.15) is 0 Å². The standard InChI is InChI=1S/C18H14F2N4O2/c1-26-16-5-3-2-4-14(16)23-18-21-9-8-15(24-18)17(25)22-11-6-7-12(19)13(20)10-11/h2-10H,1H3,(H,22,25)(H,21,23,24). The van der Waals surface area contributed by atoms with Crippen LogP contribution in [0, 0.1) is 11.6 Å². The van der Waals surface area contributed by atoms with Crippen molar-refractivity contribution in [1.82, 2.24) is 9.97 Å². The van der Waals surface area contributed by atoms with Gasteiger partial charge in [-0.25, -0.2) is 18.7 Å². The third-order valence-electron chi connectivity index (χ3n) is 3.42. The number of nitrogens with zero attached hydrogens (tertiary/aromatic N) is 2. The topological polar surface area (TPSA) is 76.1 Å². The molecule has 8 heteroatoms. The minimum atomic E-state index is -1.05. The molecule has 6 nitrogen and oxygen atoms in total. The summed E-state index contributed by atoms with van der Waals surface area (Å²) in [5.74, 6) is -1.85. The van der Waals surface area contributed by atoms with Gasteiger partial charge in [0, 0.05) is 18.0 Å². The number of amides is 1. The highest BCUT2D eigenvalue weighted by Gasteiger charge is 2.12. The van der Waals surface area contributed by atoms with Gasteiger partial charge < -0.3 is 15.4 Å². The van der Waals surface area contributed by atoms with E-state index in [9.17, 15) is 13.6 Å². The number of hydrogen-bond donors (Lipinski definition) is 2. The number of carbonyl (C=O) groups excluding carboxylic acids is 1. The molecule has 0 saturated carbocycles. The molecular formula is C18H14F2N4O2. The van der Waals surface area contributed by atoms with Gasteiger partial charge in [-0.15, -0.1) is 0 Å². The Morgan fingerprint density at radius 2 is 1.88 bits per heavy atom. The largest absolute Gasteiger partial charge is 0.495 e. The first-order chi connectivity index (χ1) is 12.6. The molecule has 1 amide bonds. The second-order valence-corrected chi connectivity index (χ2v) is 5.17. The molecule has 0 fully saturated rings. The smallest absolute Gasteiger partial charge is 0.274 e. The molecule has 0 radical (unpaired) electrons. The molecule has 2 N–H and O–H groups in total. The zero-order chi connectivity index (χ0) is 18.5. The van der Waals surface area contributed by atoms with Crippen LogP contribution >= 0.6 is 0 Å². The van der Waals surface area contributed by atoms with Crippen molar-refractivity contribution in [3.8, 4) is 5.75 Å². The molecule has 1 heterocycles. The Labute approximate surface area is 147 Å². The summed E-state index contributed by atoms with van der Waals surface area (Å²) in [5.41, 5.74) is 0.807. The zero-order valence-electron chi connectivity index (χ0n) is 13.7. The minimum absolute atomic E-state index is 0.0575. The van der Waals surface area contributed by atoms with Crippen LogP contribution in [0.5, 0.6) is 5.75 Å². The van der Waals surface area contributed by atoms with Gasteiger partial charge in [-0.05, 0) is 30.3 Å². The highest BCUT2D eigenvalue weighted by atomic mass is 19.2. The highest BCUT2D eigenvalue weighted by molar-refractivity contribution is 6.03. The number of methoxy groups -OCH3 is 1. The summed E-state index contributed by atoms with van der Waals surface area (Å²) >= 11 is 0. The number of nitrogens with one attached hydrogen (secondary N) is 2. The Morgan fingerprint density at radius 1 is 1.08 bits per heavy atom. The summed E-state index contributed by atoms with van der Waals surface area (Å²) in [7, 11) is 1.53. The summed E-state index contributed by atoms with van der Waals surface area (Å²) in [6.07, 6.45) is 1.41. The Balaban J connectivity index is 1.78. The first kappa shape index (κ1) is 17.3. The van der Waals surface area contributed by atoms with Crippen molar-refractivity contribution in [2.24, 2.45) is 0 Å². The van der Waals surface area contributed by atoms with Gasteiger partial charge in [0.1, 0.15) is 11.4 Å². The van der Waals surface area contributed by atoms with E-state index in [0.717, 1.165) is 12.1 Å². The van der Waals surface area contributed by atoms with Gasteiger partial charge in [-0.1, -0.05) is 12.1 Å². The van der Waals surface area contributed by atoms with Crippen molar-refractivity contribution >= 4 is 23.2 Å². The van der Waals surface area contributed by atoms with Crippen LogP contribution in [0.4, 0.5) is 26.1 Å². The molecule has 26 heavy (non-hydrogen) atoms. The molecule has 0 bridgehead atoms. The fourth-order valence-corrected chi connectivity index (χ4v) is 2.18. The van der Waals surface area contributed by atoms with Crippen LogP contribution in [-0.4, -0.2) is 23.0 Å². The fourth-order valence-electron chi connectivity index (χ4n) is 2.18. The maximum atomic E-state index is 13.2. The van der Waals surface area contributed by atoms with Crippen LogP contribution in [0.2, 0.25) is 0 Å². The Hall–Kier alpha value is -3.55. The van der Waals surface area contributed by atoms with Crippen molar-refractivity contribution in [2.45, 2.75) is 0 Å². The number of carbonyl (C=O) groups is 1. The molecule has 132 valence electrons. The zero-order valence-corrected chi connectivity index (χ0v) is 13.7. The maximum Gasteiger partial charge on any atom is 0.274 e. The number of halogens is 2. The van der Waals surface area contributed by atoms with E-state index in [-0.39, 0.29) is 17.3 Å². The average molecular weight is 356 g/mol. The lowest BCUT2D eigenvalue weighted by atomic mass is 10.3. The summed E-state index contributed by atoms with van der Waals surface area (Å²) in [6, 6.07) is 11.6. The molecule has 3 aromatic rings. The second-order valence-electron chi connectivity index (χ2n) is 5.17. The van der Waals surface area contributed by atoms with Crippen molar-refractivity contribution in [3.63, 3.8) is 0 Å². The van der Waals surface area contributed by atoms with Gasteiger partial charge in [0.05, 0.1) is 12.8 Å². The Kier molecular flexibility index (Phi) is 5.02. The van der Waals surface area contributed by atoms with E-state index in [0.29, 0.717) is 11.4 Å². The predicted octanol–water partition coefficient (Wildman–Crippen LogP) is 3.76. The van der Waals surface area contributed by atoms with Crippen LogP contribution in [0.15, 0.2) is 54.7 Å². The SMILES string of the molecule is COc1ccccc1Nc1nccc(C(=O)Nc2ccc(F)c(F)c2)n1. The van der Waals surface area contributed by atoms with Gasteiger partial charge in [-0.3, -0.25) is 4.79 Å². The fraction of sp³-hybridized carbons (Fsp3) is 0.0556. The van der Waals surface area contributed by atoms with Crippen molar-refractivity contribution < 1.29 is 18.3 Å². The molecule has 0 saturated heterocycles. The number of benzene rings is 2. The summed E-state index contributed by atoms with van der Waals surface area (Å²) in [4.78, 5) is 20.4. The number of anilines is 3. The molecular weight excluding hydrogens is 342 g/mol. The number of ether oxygens (including phenoxy) is 1. The maximum absolute atomic E-state index is 13.2. The monoisotopic (exact) mass is 356 g/mol. The third-order valence-corrected chi connectivity index (χ3v) is 3.42. The van der Waals surface area contributed by atoms with E-state index in [1.54, 1.807) is 12.1 Å². The van der Waals surface area contributed by atoms with Crippen molar-refractivity contribution in [1.29, 1.82) is 0 Å². The van der Waals surface area contributed by atoms with E-state index in [1.165, 1.54) is 25.4 Å². The molecule has 0 aliphatic carbocycles. The molecule has 0 unspecified atom stereocenters. The van der Waals surface area contributed by atoms with Crippen LogP contribution < -0.4 is 15.4 Å². The lowest BCUT2D eigenvalue weighted by molar-refractivity contribution is 0.102. The first-order valence-electron chi connectivity index (χ1n) is 7.56. The molecule has 0 aliphatic rings. The van der Waals surface area contributed by atoms with Gasteiger partial charge >= 0.3 is 0 Å². The lowest BCUT2D eigenvalue weighted by Crippen LogP contribution is -2.15. The Morgan fingerprint density at radius 3 is 2.65 bits per heavy atom. The summed E-state index contributed by atoms with van der Waals surface area (Å²) in [5, 5.41) is 5.41. The van der Waals surface area contributed by atoms with Crippen molar-refractivity contribution in [2.75, 3.05) is 17.7 Å².